The lowest BCUT2D eigenvalue weighted by Gasteiger charge is -2.31. The predicted molar refractivity (Wildman–Crippen MR) is 76.0 cm³/mol. The van der Waals surface area contributed by atoms with Crippen LogP contribution in [0.1, 0.15) is 12.0 Å². The predicted octanol–water partition coefficient (Wildman–Crippen LogP) is 1.84. The first kappa shape index (κ1) is 13.7. The van der Waals surface area contributed by atoms with Crippen molar-refractivity contribution in [2.24, 2.45) is 5.41 Å². The Kier molecular flexibility index (Phi) is 3.43. The molecule has 1 aliphatic rings. The van der Waals surface area contributed by atoms with Crippen molar-refractivity contribution in [1.29, 1.82) is 0 Å². The maximum Gasteiger partial charge on any atom is 0.319 e. The van der Waals surface area contributed by atoms with E-state index in [0.29, 0.717) is 6.61 Å². The number of aromatic nitrogens is 1. The third kappa shape index (κ3) is 2.40. The Morgan fingerprint density at radius 3 is 3.00 bits per heavy atom. The van der Waals surface area contributed by atoms with Crippen LogP contribution in [0.25, 0.3) is 10.9 Å². The van der Waals surface area contributed by atoms with Gasteiger partial charge in [-0.05, 0) is 30.2 Å². The molecule has 21 heavy (non-hydrogen) atoms. The minimum atomic E-state index is -1.46. The van der Waals surface area contributed by atoms with E-state index in [0.717, 1.165) is 16.5 Å². The highest BCUT2D eigenvalue weighted by Crippen LogP contribution is 2.31. The van der Waals surface area contributed by atoms with Crippen LogP contribution < -0.4 is 0 Å². The molecule has 1 N–H and O–H groups in total. The van der Waals surface area contributed by atoms with Gasteiger partial charge in [0.15, 0.2) is 11.2 Å². The molecule has 3 rings (SSSR count). The van der Waals surface area contributed by atoms with Crippen LogP contribution >= 0.6 is 0 Å². The second-order valence-corrected chi connectivity index (χ2v) is 5.32. The highest BCUT2D eigenvalue weighted by Gasteiger charge is 2.47. The van der Waals surface area contributed by atoms with Crippen LogP contribution in [0.15, 0.2) is 36.5 Å². The fourth-order valence-corrected chi connectivity index (χ4v) is 2.72. The lowest BCUT2D eigenvalue weighted by molar-refractivity contribution is -0.164. The standard InChI is InChI=1S/C16H15NO4/c18-14-5-7-21-10-16(14,15(19)20)9-11-3-4-13-12(8-11)2-1-6-17-13/h1-4,6,8H,5,7,9-10H2,(H,19,20). The molecule has 5 nitrogen and oxygen atoms in total. The Labute approximate surface area is 121 Å². The van der Waals surface area contributed by atoms with Crippen molar-refractivity contribution in [2.75, 3.05) is 13.2 Å². The number of aliphatic carboxylic acids is 1. The molecular formula is C16H15NO4. The van der Waals surface area contributed by atoms with Gasteiger partial charge in [0, 0.05) is 18.0 Å². The van der Waals surface area contributed by atoms with Gasteiger partial charge in [-0.15, -0.1) is 0 Å². The van der Waals surface area contributed by atoms with E-state index >= 15 is 0 Å². The summed E-state index contributed by atoms with van der Waals surface area (Å²) in [4.78, 5) is 28.0. The summed E-state index contributed by atoms with van der Waals surface area (Å²) >= 11 is 0. The molecule has 1 aliphatic heterocycles. The zero-order chi connectivity index (χ0) is 14.9. The number of ketones is 1. The number of carboxylic acids is 1. The molecule has 1 unspecified atom stereocenters. The second-order valence-electron chi connectivity index (χ2n) is 5.32. The zero-order valence-electron chi connectivity index (χ0n) is 11.4. The molecule has 0 bridgehead atoms. The van der Waals surface area contributed by atoms with Gasteiger partial charge in [0.25, 0.3) is 0 Å². The van der Waals surface area contributed by atoms with Gasteiger partial charge in [0.2, 0.25) is 0 Å². The smallest absolute Gasteiger partial charge is 0.319 e. The first-order valence-electron chi connectivity index (χ1n) is 6.80. The number of nitrogens with zero attached hydrogens (tertiary/aromatic N) is 1. The highest BCUT2D eigenvalue weighted by atomic mass is 16.5. The highest BCUT2D eigenvalue weighted by molar-refractivity contribution is 6.04. The minimum Gasteiger partial charge on any atom is -0.480 e. The molecule has 0 aliphatic carbocycles. The topological polar surface area (TPSA) is 76.5 Å². The molecule has 0 amide bonds. The molecule has 1 atom stereocenters. The number of fused-ring (bicyclic) bond motifs is 1. The van der Waals surface area contributed by atoms with Gasteiger partial charge in [-0.25, -0.2) is 0 Å². The molecule has 0 spiro atoms. The average Bonchev–Trinajstić information content (AvgIpc) is 2.49. The zero-order valence-corrected chi connectivity index (χ0v) is 11.4. The number of carbonyl (C=O) groups excluding carboxylic acids is 1. The second kappa shape index (κ2) is 5.26. The van der Waals surface area contributed by atoms with Gasteiger partial charge in [0.1, 0.15) is 0 Å². The maximum atomic E-state index is 12.2. The summed E-state index contributed by atoms with van der Waals surface area (Å²) < 4.78 is 5.26. The summed E-state index contributed by atoms with van der Waals surface area (Å²) in [6.45, 7) is 0.238. The molecule has 1 aromatic carbocycles. The largest absolute Gasteiger partial charge is 0.480 e. The fraction of sp³-hybridized carbons (Fsp3) is 0.312. The van der Waals surface area contributed by atoms with Gasteiger partial charge in [-0.2, -0.15) is 0 Å². The summed E-state index contributed by atoms with van der Waals surface area (Å²) in [5.41, 5.74) is 0.183. The van der Waals surface area contributed by atoms with E-state index in [1.807, 2.05) is 30.3 Å². The molecule has 2 aromatic rings. The number of carboxylic acid groups (broad SMARTS) is 1. The first-order valence-corrected chi connectivity index (χ1v) is 6.80. The molecule has 2 heterocycles. The number of rotatable bonds is 3. The van der Waals surface area contributed by atoms with E-state index < -0.39 is 11.4 Å². The van der Waals surface area contributed by atoms with E-state index in [1.165, 1.54) is 0 Å². The van der Waals surface area contributed by atoms with Crippen molar-refractivity contribution >= 4 is 22.7 Å². The number of Topliss-reactive ketones (excluding diaryl/α,β-unsaturated/α-hetero) is 1. The van der Waals surface area contributed by atoms with E-state index in [9.17, 15) is 14.7 Å². The van der Waals surface area contributed by atoms with Crippen LogP contribution in [0.2, 0.25) is 0 Å². The lowest BCUT2D eigenvalue weighted by atomic mass is 9.76. The Morgan fingerprint density at radius 2 is 2.24 bits per heavy atom. The first-order chi connectivity index (χ1) is 10.1. The van der Waals surface area contributed by atoms with E-state index in [-0.39, 0.29) is 25.2 Å². The SMILES string of the molecule is O=C(O)C1(Cc2ccc3ncccc3c2)COCCC1=O. The summed E-state index contributed by atoms with van der Waals surface area (Å²) in [5.74, 6) is -1.37. The van der Waals surface area contributed by atoms with Crippen molar-refractivity contribution in [2.45, 2.75) is 12.8 Å². The van der Waals surface area contributed by atoms with E-state index in [4.69, 9.17) is 4.74 Å². The summed E-state index contributed by atoms with van der Waals surface area (Å²) in [6, 6.07) is 9.29. The van der Waals surface area contributed by atoms with Crippen LogP contribution in [0.3, 0.4) is 0 Å². The number of hydrogen-bond donors (Lipinski definition) is 1. The third-order valence-corrected chi connectivity index (χ3v) is 3.94. The number of ether oxygens (including phenoxy) is 1. The summed E-state index contributed by atoms with van der Waals surface area (Å²) in [7, 11) is 0. The fourth-order valence-electron chi connectivity index (χ4n) is 2.72. The van der Waals surface area contributed by atoms with Crippen molar-refractivity contribution in [3.8, 4) is 0 Å². The minimum absolute atomic E-state index is 0.0633. The average molecular weight is 285 g/mol. The molecular weight excluding hydrogens is 270 g/mol. The van der Waals surface area contributed by atoms with Crippen LogP contribution in [0.5, 0.6) is 0 Å². The summed E-state index contributed by atoms with van der Waals surface area (Å²) in [5, 5.41) is 10.5. The Hall–Kier alpha value is -2.27. The van der Waals surface area contributed by atoms with Gasteiger partial charge >= 0.3 is 5.97 Å². The van der Waals surface area contributed by atoms with E-state index in [1.54, 1.807) is 6.20 Å². The van der Waals surface area contributed by atoms with Crippen molar-refractivity contribution in [3.05, 3.63) is 42.1 Å². The van der Waals surface area contributed by atoms with Crippen LogP contribution in [0.4, 0.5) is 0 Å². The van der Waals surface area contributed by atoms with E-state index in [2.05, 4.69) is 4.98 Å². The Morgan fingerprint density at radius 1 is 1.38 bits per heavy atom. The molecule has 1 saturated heterocycles. The van der Waals surface area contributed by atoms with Crippen LogP contribution in [-0.4, -0.2) is 35.1 Å². The molecule has 1 aromatic heterocycles. The molecule has 0 saturated carbocycles. The number of benzene rings is 1. The summed E-state index contributed by atoms with van der Waals surface area (Å²) in [6.07, 6.45) is 2.01. The van der Waals surface area contributed by atoms with Crippen LogP contribution in [-0.2, 0) is 20.7 Å². The maximum absolute atomic E-state index is 12.2. The number of pyridine rings is 1. The van der Waals surface area contributed by atoms with Gasteiger partial charge in [-0.1, -0.05) is 12.1 Å². The van der Waals surface area contributed by atoms with Crippen molar-refractivity contribution < 1.29 is 19.4 Å². The molecule has 5 heteroatoms. The third-order valence-electron chi connectivity index (χ3n) is 3.94. The van der Waals surface area contributed by atoms with Crippen molar-refractivity contribution in [1.82, 2.24) is 4.98 Å². The van der Waals surface area contributed by atoms with Gasteiger partial charge in [0.05, 0.1) is 18.7 Å². The molecule has 108 valence electrons. The van der Waals surface area contributed by atoms with Gasteiger partial charge < -0.3 is 9.84 Å². The van der Waals surface area contributed by atoms with Crippen molar-refractivity contribution in [3.63, 3.8) is 0 Å². The molecule has 0 radical (unpaired) electrons. The van der Waals surface area contributed by atoms with Gasteiger partial charge in [-0.3, -0.25) is 14.6 Å². The quantitative estimate of drug-likeness (QED) is 0.871. The normalized spacial score (nSPS) is 22.4. The number of hydrogen-bond acceptors (Lipinski definition) is 4. The number of carbonyl (C=O) groups is 2. The lowest BCUT2D eigenvalue weighted by Crippen LogP contribution is -2.48. The molecule has 1 fully saturated rings. The Balaban J connectivity index is 1.98. The monoisotopic (exact) mass is 285 g/mol. The Bertz CT molecular complexity index is 712. The van der Waals surface area contributed by atoms with Crippen LogP contribution in [0, 0.1) is 5.41 Å².